The van der Waals surface area contributed by atoms with Crippen molar-refractivity contribution in [3.63, 3.8) is 0 Å². The third-order valence-corrected chi connectivity index (χ3v) is 19.6. The average molecular weight is 1440 g/mol. The molecule has 32 atom stereocenters. The smallest absolute Gasteiger partial charge is 0.333 e. The molecule has 0 saturated carbocycles. The number of carbonyl (C=O) groups is 4. The van der Waals surface area contributed by atoms with Gasteiger partial charge in [-0.2, -0.15) is 0 Å². The molecule has 7 rings (SSSR count). The first-order valence-electron chi connectivity index (χ1n) is 35.2. The van der Waals surface area contributed by atoms with Crippen LogP contribution in [0.4, 0.5) is 0 Å². The number of allylic oxidation sites excluding steroid dienone is 2. The van der Waals surface area contributed by atoms with Gasteiger partial charge in [-0.3, -0.25) is 9.59 Å². The molecule has 33 heteroatoms. The van der Waals surface area contributed by atoms with Crippen LogP contribution in [0.15, 0.2) is 23.3 Å². The summed E-state index contributed by atoms with van der Waals surface area (Å²) >= 11 is 0. The van der Waals surface area contributed by atoms with Crippen molar-refractivity contribution in [1.29, 1.82) is 0 Å². The standard InChI is InChI=1S/C67H110O33/c1-10-14-20-23-35-24-21-18-16-15-17-19-22-25-40(72)92-53-47(79)43(75)37(27-69)89-64(53)97-52-44(76)38(28-70)90-67(98-54-46(78)41(73)33(8)85-63(54)87-35)57(52)100-66-58(95-61(84)32(7)13-4)56(50(34(9)86-66)93-59(82)30(5)11-2)99-65-55(94-60(83)31(6)12-3)49(81)51(39(29-71)91-65)96-62-48(80)45(77)42(74)36(26-68)88-62/h11-12,32-39,41-58,62-71,73-81H,10,13-29H2,1-9H3. The summed E-state index contributed by atoms with van der Waals surface area (Å²) in [4.78, 5) is 56.6. The highest BCUT2D eigenvalue weighted by Crippen LogP contribution is 2.41. The Bertz CT molecular complexity index is 2580. The maximum Gasteiger partial charge on any atom is 0.333 e. The number of ether oxygens (including phenoxy) is 16. The van der Waals surface area contributed by atoms with Crippen molar-refractivity contribution in [2.24, 2.45) is 5.92 Å². The van der Waals surface area contributed by atoms with Crippen molar-refractivity contribution in [2.75, 3.05) is 26.4 Å². The molecule has 2 bridgehead atoms. The van der Waals surface area contributed by atoms with E-state index in [0.717, 1.165) is 44.9 Å². The van der Waals surface area contributed by atoms with Gasteiger partial charge in [0.25, 0.3) is 0 Å². The van der Waals surface area contributed by atoms with Crippen molar-refractivity contribution in [1.82, 2.24) is 0 Å². The van der Waals surface area contributed by atoms with Gasteiger partial charge in [0.2, 0.25) is 0 Å². The molecule has 0 aliphatic carbocycles. The molecular formula is C67H110O33. The zero-order chi connectivity index (χ0) is 73.4. The maximum absolute atomic E-state index is 14.7. The molecule has 0 amide bonds. The Balaban J connectivity index is 1.41. The second-order valence-electron chi connectivity index (χ2n) is 26.9. The summed E-state index contributed by atoms with van der Waals surface area (Å²) in [5, 5.41) is 147. The molecular weight excluding hydrogens is 1330 g/mol. The van der Waals surface area contributed by atoms with E-state index in [-0.39, 0.29) is 24.0 Å². The normalized spacial score (nSPS) is 42.9. The minimum Gasteiger partial charge on any atom is -0.454 e. The number of unbranched alkanes of at least 4 members (excludes halogenated alkanes) is 2. The number of esters is 4. The van der Waals surface area contributed by atoms with Gasteiger partial charge in [-0.1, -0.05) is 90.7 Å². The summed E-state index contributed by atoms with van der Waals surface area (Å²) in [6, 6.07) is 0. The summed E-state index contributed by atoms with van der Waals surface area (Å²) < 4.78 is 101. The largest absolute Gasteiger partial charge is 0.454 e. The van der Waals surface area contributed by atoms with Gasteiger partial charge in [-0.05, 0) is 67.2 Å². The lowest BCUT2D eigenvalue weighted by atomic mass is 9.94. The molecule has 100 heavy (non-hydrogen) atoms. The first kappa shape index (κ1) is 83.6. The van der Waals surface area contributed by atoms with Crippen molar-refractivity contribution in [3.05, 3.63) is 23.3 Å². The summed E-state index contributed by atoms with van der Waals surface area (Å²) in [5.41, 5.74) is -0.00649. The van der Waals surface area contributed by atoms with Gasteiger partial charge in [0.05, 0.1) is 50.7 Å². The van der Waals surface area contributed by atoms with E-state index in [4.69, 9.17) is 75.8 Å². The fourth-order valence-electron chi connectivity index (χ4n) is 12.8. The van der Waals surface area contributed by atoms with Crippen LogP contribution < -0.4 is 0 Å². The average Bonchev–Trinajstić information content (AvgIpc) is 0.762. The van der Waals surface area contributed by atoms with E-state index >= 15 is 0 Å². The summed E-state index contributed by atoms with van der Waals surface area (Å²) in [6.07, 6.45) is -46.2. The molecule has 0 aromatic rings. The molecule has 0 aromatic carbocycles. The fraction of sp³-hybridized carbons (Fsp3) is 0.881. The molecule has 7 heterocycles. The zero-order valence-electron chi connectivity index (χ0n) is 58.3. The Morgan fingerprint density at radius 1 is 0.470 bits per heavy atom. The van der Waals surface area contributed by atoms with E-state index in [1.54, 1.807) is 6.92 Å². The van der Waals surface area contributed by atoms with Gasteiger partial charge in [-0.15, -0.1) is 0 Å². The van der Waals surface area contributed by atoms with Crippen LogP contribution in [0.1, 0.15) is 152 Å². The minimum atomic E-state index is -2.20. The molecule has 7 fully saturated rings. The Hall–Kier alpha value is -3.64. The van der Waals surface area contributed by atoms with Crippen LogP contribution in [0, 0.1) is 5.92 Å². The lowest BCUT2D eigenvalue weighted by Crippen LogP contribution is -2.70. The lowest BCUT2D eigenvalue weighted by molar-refractivity contribution is -0.414. The first-order valence-corrected chi connectivity index (χ1v) is 35.2. The van der Waals surface area contributed by atoms with E-state index in [0.29, 0.717) is 32.1 Å². The van der Waals surface area contributed by atoms with Gasteiger partial charge < -0.3 is 142 Å². The van der Waals surface area contributed by atoms with Crippen LogP contribution in [0.5, 0.6) is 0 Å². The van der Waals surface area contributed by atoms with Crippen LogP contribution in [0.2, 0.25) is 0 Å². The Kier molecular flexibility index (Phi) is 33.1. The molecule has 7 aliphatic rings. The third-order valence-electron chi connectivity index (χ3n) is 19.6. The van der Waals surface area contributed by atoms with Crippen LogP contribution in [0.25, 0.3) is 0 Å². The number of aliphatic hydroxyl groups is 13. The Morgan fingerprint density at radius 3 is 1.61 bits per heavy atom. The number of hydrogen-bond donors (Lipinski definition) is 13. The molecule has 0 spiro atoms. The Morgan fingerprint density at radius 2 is 0.990 bits per heavy atom. The molecule has 0 radical (unpaired) electrons. The van der Waals surface area contributed by atoms with E-state index in [1.807, 2.05) is 6.92 Å². The van der Waals surface area contributed by atoms with Crippen molar-refractivity contribution in [2.45, 2.75) is 343 Å². The van der Waals surface area contributed by atoms with Crippen molar-refractivity contribution >= 4 is 23.9 Å². The summed E-state index contributed by atoms with van der Waals surface area (Å²) in [5.74, 6) is -4.91. The highest BCUT2D eigenvalue weighted by molar-refractivity contribution is 5.88. The highest BCUT2D eigenvalue weighted by Gasteiger charge is 2.61. The monoisotopic (exact) mass is 1440 g/mol. The molecule has 33 nitrogen and oxygen atoms in total. The van der Waals surface area contributed by atoms with Gasteiger partial charge >= 0.3 is 23.9 Å². The second-order valence-corrected chi connectivity index (χ2v) is 26.9. The number of aliphatic hydroxyl groups excluding tert-OH is 13. The van der Waals surface area contributed by atoms with E-state index < -0.39 is 247 Å². The minimum absolute atomic E-state index is 0.0304. The van der Waals surface area contributed by atoms with Crippen molar-refractivity contribution < 1.29 is 161 Å². The van der Waals surface area contributed by atoms with E-state index in [9.17, 15) is 85.6 Å². The predicted molar refractivity (Wildman–Crippen MR) is 338 cm³/mol. The van der Waals surface area contributed by atoms with Crippen LogP contribution in [-0.4, -0.2) is 307 Å². The van der Waals surface area contributed by atoms with Gasteiger partial charge in [0.15, 0.2) is 62.2 Å². The summed E-state index contributed by atoms with van der Waals surface area (Å²) in [6.45, 7) is 9.90. The number of rotatable bonds is 21. The second kappa shape index (κ2) is 39.6. The fourth-order valence-corrected chi connectivity index (χ4v) is 12.8. The molecule has 7 aliphatic heterocycles. The third kappa shape index (κ3) is 20.7. The van der Waals surface area contributed by atoms with Gasteiger partial charge in [0.1, 0.15) is 110 Å². The van der Waals surface area contributed by atoms with E-state index in [2.05, 4.69) is 0 Å². The van der Waals surface area contributed by atoms with Gasteiger partial charge in [-0.25, -0.2) is 9.59 Å². The molecule has 7 saturated heterocycles. The topological polar surface area (TPSA) is 479 Å². The van der Waals surface area contributed by atoms with Gasteiger partial charge in [0, 0.05) is 17.6 Å². The maximum atomic E-state index is 14.7. The lowest BCUT2D eigenvalue weighted by Gasteiger charge is -2.52. The number of hydrogen-bond acceptors (Lipinski definition) is 33. The number of fused-ring (bicyclic) bond motifs is 4. The van der Waals surface area contributed by atoms with Crippen LogP contribution >= 0.6 is 0 Å². The molecule has 0 aromatic heterocycles. The number of carbonyl (C=O) groups excluding carboxylic acids is 4. The van der Waals surface area contributed by atoms with Crippen molar-refractivity contribution in [3.8, 4) is 0 Å². The zero-order valence-corrected chi connectivity index (χ0v) is 58.3. The molecule has 13 N–H and O–H groups in total. The first-order chi connectivity index (χ1) is 47.7. The Labute approximate surface area is 581 Å². The highest BCUT2D eigenvalue weighted by atomic mass is 16.8. The van der Waals surface area contributed by atoms with Crippen LogP contribution in [0.3, 0.4) is 0 Å². The quantitative estimate of drug-likeness (QED) is 0.0273. The van der Waals surface area contributed by atoms with E-state index in [1.165, 1.54) is 60.6 Å². The molecule has 32 unspecified atom stereocenters. The SMILES string of the molecule is CC=C(C)C(=O)OC1C(OC2C(OC(=O)C(C)=CC)C(C)OC(OC3C4OC(CO)C(O)C3OC3OC(CO)C(O)C(O)C3OC(=O)CCCCCCCCCC(CCCCC)OC3OC(C)C(O)C(O)C3O4)C2OC(=O)C(C)CC)OC(CO)C(OC2OC(CO)C(O)C(O)C2O)C1O. The van der Waals surface area contributed by atoms with Crippen LogP contribution in [-0.2, 0) is 95.0 Å². The molecule has 576 valence electrons. The predicted octanol–water partition coefficient (Wildman–Crippen LogP) is -1.37. The summed E-state index contributed by atoms with van der Waals surface area (Å²) in [7, 11) is 0.